The molecule has 0 radical (unpaired) electrons. The molecule has 22 heavy (non-hydrogen) atoms. The van der Waals surface area contributed by atoms with Gasteiger partial charge in [-0.3, -0.25) is 14.8 Å². The van der Waals surface area contributed by atoms with Crippen LogP contribution in [0.1, 0.15) is 36.6 Å². The van der Waals surface area contributed by atoms with E-state index < -0.39 is 0 Å². The first-order valence-corrected chi connectivity index (χ1v) is 7.74. The van der Waals surface area contributed by atoms with E-state index in [0.717, 1.165) is 37.3 Å². The van der Waals surface area contributed by atoms with Crippen LogP contribution in [0, 0.1) is 6.92 Å². The molecule has 3 rings (SSSR count). The highest BCUT2D eigenvalue weighted by atomic mass is 16.2. The largest absolute Gasteiger partial charge is 0.343 e. The lowest BCUT2D eigenvalue weighted by molar-refractivity contribution is -0.132. The molecule has 1 aliphatic rings. The Morgan fingerprint density at radius 2 is 2.09 bits per heavy atom. The number of piperidine rings is 1. The second kappa shape index (κ2) is 6.68. The Kier molecular flexibility index (Phi) is 4.46. The van der Waals surface area contributed by atoms with Crippen LogP contribution in [0.25, 0.3) is 0 Å². The van der Waals surface area contributed by atoms with Crippen molar-refractivity contribution in [2.24, 2.45) is 0 Å². The minimum Gasteiger partial charge on any atom is -0.343 e. The number of aryl methyl sites for hydroxylation is 2. The third-order valence-corrected chi connectivity index (χ3v) is 4.18. The number of hydrogen-bond donors (Lipinski definition) is 0. The molecular formula is C16H21N5O. The first kappa shape index (κ1) is 14.7. The summed E-state index contributed by atoms with van der Waals surface area (Å²) < 4.78 is 1.94. The van der Waals surface area contributed by atoms with Gasteiger partial charge in [-0.2, -0.15) is 0 Å². The summed E-state index contributed by atoms with van der Waals surface area (Å²) in [6, 6.07) is 0. The molecule has 0 aromatic carbocycles. The molecule has 0 bridgehead atoms. The van der Waals surface area contributed by atoms with Gasteiger partial charge in [-0.15, -0.1) is 0 Å². The molecule has 1 amide bonds. The van der Waals surface area contributed by atoms with E-state index in [0.29, 0.717) is 18.9 Å². The van der Waals surface area contributed by atoms with Gasteiger partial charge in [0.05, 0.1) is 17.7 Å². The number of carbonyl (C=O) groups excluding carboxylic acids is 1. The fraction of sp³-hybridized carbons (Fsp3) is 0.500. The average molecular weight is 299 g/mol. The minimum absolute atomic E-state index is 0.225. The van der Waals surface area contributed by atoms with Gasteiger partial charge < -0.3 is 9.47 Å². The first-order valence-electron chi connectivity index (χ1n) is 7.74. The first-order chi connectivity index (χ1) is 10.7. The van der Waals surface area contributed by atoms with E-state index in [-0.39, 0.29) is 5.91 Å². The predicted molar refractivity (Wildman–Crippen MR) is 82.2 cm³/mol. The van der Waals surface area contributed by atoms with Gasteiger partial charge in [0.1, 0.15) is 0 Å². The van der Waals surface area contributed by atoms with Crippen molar-refractivity contribution in [3.05, 3.63) is 42.5 Å². The van der Waals surface area contributed by atoms with Gasteiger partial charge in [0.2, 0.25) is 5.91 Å². The van der Waals surface area contributed by atoms with Gasteiger partial charge in [-0.05, 0) is 19.8 Å². The summed E-state index contributed by atoms with van der Waals surface area (Å²) in [5, 5.41) is 0. The van der Waals surface area contributed by atoms with Crippen LogP contribution in [0.5, 0.6) is 0 Å². The SMILES string of the molecule is Cc1cncc(C2CCN(C(=O)CCn3ccnc3)CC2)n1. The molecule has 0 saturated carbocycles. The summed E-state index contributed by atoms with van der Waals surface area (Å²) in [4.78, 5) is 27.0. The lowest BCUT2D eigenvalue weighted by Gasteiger charge is -2.31. The zero-order chi connectivity index (χ0) is 15.4. The number of hydrogen-bond acceptors (Lipinski definition) is 4. The van der Waals surface area contributed by atoms with E-state index in [2.05, 4.69) is 15.0 Å². The Labute approximate surface area is 130 Å². The highest BCUT2D eigenvalue weighted by Gasteiger charge is 2.24. The summed E-state index contributed by atoms with van der Waals surface area (Å²) >= 11 is 0. The van der Waals surface area contributed by atoms with E-state index in [1.807, 2.05) is 28.8 Å². The molecule has 1 saturated heterocycles. The lowest BCUT2D eigenvalue weighted by Crippen LogP contribution is -2.38. The number of rotatable bonds is 4. The van der Waals surface area contributed by atoms with Crippen LogP contribution < -0.4 is 0 Å². The normalized spacial score (nSPS) is 16.0. The van der Waals surface area contributed by atoms with Crippen molar-refractivity contribution in [2.75, 3.05) is 13.1 Å². The number of carbonyl (C=O) groups is 1. The molecule has 116 valence electrons. The summed E-state index contributed by atoms with van der Waals surface area (Å²) in [6.07, 6.45) is 11.5. The van der Waals surface area contributed by atoms with E-state index in [9.17, 15) is 4.79 Å². The smallest absolute Gasteiger partial charge is 0.224 e. The lowest BCUT2D eigenvalue weighted by atomic mass is 9.93. The molecule has 0 unspecified atom stereocenters. The zero-order valence-electron chi connectivity index (χ0n) is 12.9. The maximum atomic E-state index is 12.3. The highest BCUT2D eigenvalue weighted by Crippen LogP contribution is 2.26. The molecule has 0 spiro atoms. The van der Waals surface area contributed by atoms with Crippen molar-refractivity contribution in [3.8, 4) is 0 Å². The van der Waals surface area contributed by atoms with Gasteiger partial charge in [0.15, 0.2) is 0 Å². The van der Waals surface area contributed by atoms with Crippen molar-refractivity contribution in [1.82, 2.24) is 24.4 Å². The monoisotopic (exact) mass is 299 g/mol. The quantitative estimate of drug-likeness (QED) is 0.863. The van der Waals surface area contributed by atoms with Crippen LogP contribution in [0.4, 0.5) is 0 Å². The van der Waals surface area contributed by atoms with Crippen LogP contribution >= 0.6 is 0 Å². The Morgan fingerprint density at radius 3 is 2.77 bits per heavy atom. The molecule has 6 heteroatoms. The van der Waals surface area contributed by atoms with Crippen LogP contribution in [-0.4, -0.2) is 43.4 Å². The summed E-state index contributed by atoms with van der Waals surface area (Å²) in [5.41, 5.74) is 2.02. The zero-order valence-corrected chi connectivity index (χ0v) is 12.9. The molecular weight excluding hydrogens is 278 g/mol. The molecule has 0 aliphatic carbocycles. The number of aromatic nitrogens is 4. The maximum absolute atomic E-state index is 12.3. The van der Waals surface area contributed by atoms with E-state index in [4.69, 9.17) is 0 Å². The number of nitrogens with zero attached hydrogens (tertiary/aromatic N) is 5. The Hall–Kier alpha value is -2.24. The van der Waals surface area contributed by atoms with Gasteiger partial charge in [0, 0.05) is 56.8 Å². The molecule has 1 aliphatic heterocycles. The fourth-order valence-corrected chi connectivity index (χ4v) is 2.91. The molecule has 2 aromatic heterocycles. The van der Waals surface area contributed by atoms with Crippen molar-refractivity contribution in [2.45, 2.75) is 38.6 Å². The number of imidazole rings is 1. The molecule has 3 heterocycles. The van der Waals surface area contributed by atoms with Crippen molar-refractivity contribution in [3.63, 3.8) is 0 Å². The van der Waals surface area contributed by atoms with Gasteiger partial charge in [-0.1, -0.05) is 0 Å². The second-order valence-electron chi connectivity index (χ2n) is 5.79. The van der Waals surface area contributed by atoms with E-state index in [1.165, 1.54) is 0 Å². The molecule has 0 N–H and O–H groups in total. The Balaban J connectivity index is 1.49. The van der Waals surface area contributed by atoms with E-state index in [1.54, 1.807) is 18.7 Å². The van der Waals surface area contributed by atoms with Crippen LogP contribution in [-0.2, 0) is 11.3 Å². The topological polar surface area (TPSA) is 63.9 Å². The fourth-order valence-electron chi connectivity index (χ4n) is 2.91. The standard InChI is InChI=1S/C16H21N5O/c1-13-10-18-11-15(19-13)14-2-7-21(8-3-14)16(22)4-6-20-9-5-17-12-20/h5,9-12,14H,2-4,6-8H2,1H3. The van der Waals surface area contributed by atoms with Gasteiger partial charge in [-0.25, -0.2) is 4.98 Å². The molecule has 1 fully saturated rings. The van der Waals surface area contributed by atoms with Crippen LogP contribution in [0.15, 0.2) is 31.1 Å². The highest BCUT2D eigenvalue weighted by molar-refractivity contribution is 5.76. The molecule has 6 nitrogen and oxygen atoms in total. The molecule has 0 atom stereocenters. The minimum atomic E-state index is 0.225. The Bertz CT molecular complexity index is 617. The maximum Gasteiger partial charge on any atom is 0.224 e. The van der Waals surface area contributed by atoms with E-state index >= 15 is 0 Å². The average Bonchev–Trinajstić information content (AvgIpc) is 3.06. The van der Waals surface area contributed by atoms with Crippen LogP contribution in [0.3, 0.4) is 0 Å². The summed E-state index contributed by atoms with van der Waals surface area (Å²) in [5.74, 6) is 0.646. The predicted octanol–water partition coefficient (Wildman–Crippen LogP) is 1.78. The third kappa shape index (κ3) is 3.50. The van der Waals surface area contributed by atoms with Gasteiger partial charge in [0.25, 0.3) is 0 Å². The van der Waals surface area contributed by atoms with Gasteiger partial charge >= 0.3 is 0 Å². The van der Waals surface area contributed by atoms with Crippen molar-refractivity contribution < 1.29 is 4.79 Å². The summed E-state index contributed by atoms with van der Waals surface area (Å²) in [7, 11) is 0. The molecule has 2 aromatic rings. The third-order valence-electron chi connectivity index (χ3n) is 4.18. The van der Waals surface area contributed by atoms with Crippen molar-refractivity contribution >= 4 is 5.91 Å². The second-order valence-corrected chi connectivity index (χ2v) is 5.79. The summed E-state index contributed by atoms with van der Waals surface area (Å²) in [6.45, 7) is 4.28. The number of likely N-dealkylation sites (tertiary alicyclic amines) is 1. The van der Waals surface area contributed by atoms with Crippen molar-refractivity contribution in [1.29, 1.82) is 0 Å². The Morgan fingerprint density at radius 1 is 1.27 bits per heavy atom. The van der Waals surface area contributed by atoms with Crippen LogP contribution in [0.2, 0.25) is 0 Å². The number of amides is 1.